The highest BCUT2D eigenvalue weighted by molar-refractivity contribution is 5.92. The number of rotatable bonds is 3. The van der Waals surface area contributed by atoms with E-state index in [1.165, 1.54) is 0 Å². The molecule has 3 N–H and O–H groups in total. The van der Waals surface area contributed by atoms with Crippen LogP contribution in [-0.4, -0.2) is 11.9 Å². The highest BCUT2D eigenvalue weighted by atomic mass is 16.1. The number of benzene rings is 1. The molecule has 0 radical (unpaired) electrons. The molecular weight excluding hydrogens is 212 g/mol. The Morgan fingerprint density at radius 3 is 2.59 bits per heavy atom. The van der Waals surface area contributed by atoms with Crippen LogP contribution in [0.2, 0.25) is 0 Å². The standard InChI is InChI=1S/C14H18N2O/c1-10-8-13(9-10)16-14(17)7-4-11-2-5-12(15)6-3-11/h2-7,10,13H,8-9,15H2,1H3,(H,16,17)/b7-4+. The zero-order chi connectivity index (χ0) is 12.3. The minimum absolute atomic E-state index is 0.0151. The lowest BCUT2D eigenvalue weighted by molar-refractivity contribution is -0.117. The summed E-state index contributed by atoms with van der Waals surface area (Å²) < 4.78 is 0. The molecular formula is C14H18N2O. The maximum atomic E-state index is 11.6. The first-order valence-electron chi connectivity index (χ1n) is 5.97. The van der Waals surface area contributed by atoms with Crippen molar-refractivity contribution >= 4 is 17.7 Å². The molecule has 1 aliphatic carbocycles. The zero-order valence-electron chi connectivity index (χ0n) is 10.0. The van der Waals surface area contributed by atoms with Gasteiger partial charge in [0.15, 0.2) is 0 Å². The fourth-order valence-electron chi connectivity index (χ4n) is 2.05. The monoisotopic (exact) mass is 230 g/mol. The maximum Gasteiger partial charge on any atom is 0.244 e. The molecule has 0 aromatic heterocycles. The van der Waals surface area contributed by atoms with E-state index >= 15 is 0 Å². The predicted molar refractivity (Wildman–Crippen MR) is 70.2 cm³/mol. The molecule has 0 aliphatic heterocycles. The van der Waals surface area contributed by atoms with Gasteiger partial charge < -0.3 is 11.1 Å². The largest absolute Gasteiger partial charge is 0.399 e. The van der Waals surface area contributed by atoms with Gasteiger partial charge in [0.2, 0.25) is 5.91 Å². The third-order valence-corrected chi connectivity index (χ3v) is 3.08. The van der Waals surface area contributed by atoms with Crippen molar-refractivity contribution in [3.05, 3.63) is 35.9 Å². The van der Waals surface area contributed by atoms with Crippen LogP contribution in [0.25, 0.3) is 6.08 Å². The summed E-state index contributed by atoms with van der Waals surface area (Å²) in [6.45, 7) is 2.20. The van der Waals surface area contributed by atoms with E-state index in [1.54, 1.807) is 12.2 Å². The summed E-state index contributed by atoms with van der Waals surface area (Å²) in [5, 5.41) is 2.98. The van der Waals surface area contributed by atoms with Crippen LogP contribution in [0, 0.1) is 5.92 Å². The molecule has 0 unspecified atom stereocenters. The van der Waals surface area contributed by atoms with Crippen LogP contribution in [0.15, 0.2) is 30.3 Å². The molecule has 1 saturated carbocycles. The van der Waals surface area contributed by atoms with Gasteiger partial charge in [-0.2, -0.15) is 0 Å². The summed E-state index contributed by atoms with van der Waals surface area (Å²) in [7, 11) is 0. The van der Waals surface area contributed by atoms with E-state index in [0.717, 1.165) is 30.0 Å². The zero-order valence-corrected chi connectivity index (χ0v) is 10.0. The molecule has 90 valence electrons. The van der Waals surface area contributed by atoms with Crippen LogP contribution in [-0.2, 0) is 4.79 Å². The van der Waals surface area contributed by atoms with E-state index < -0.39 is 0 Å². The molecule has 3 nitrogen and oxygen atoms in total. The third kappa shape index (κ3) is 3.34. The van der Waals surface area contributed by atoms with E-state index in [2.05, 4.69) is 12.2 Å². The van der Waals surface area contributed by atoms with Gasteiger partial charge in [0.25, 0.3) is 0 Å². The molecule has 0 saturated heterocycles. The second-order valence-corrected chi connectivity index (χ2v) is 4.78. The first-order chi connectivity index (χ1) is 8.13. The van der Waals surface area contributed by atoms with E-state index in [1.807, 2.05) is 24.3 Å². The van der Waals surface area contributed by atoms with Crippen molar-refractivity contribution < 1.29 is 4.79 Å². The van der Waals surface area contributed by atoms with Crippen molar-refractivity contribution in [2.75, 3.05) is 5.73 Å². The molecule has 1 fully saturated rings. The van der Waals surface area contributed by atoms with Gasteiger partial charge in [-0.05, 0) is 42.5 Å². The average Bonchev–Trinajstić information content (AvgIpc) is 2.26. The number of anilines is 1. The van der Waals surface area contributed by atoms with Crippen LogP contribution in [0.3, 0.4) is 0 Å². The van der Waals surface area contributed by atoms with E-state index in [-0.39, 0.29) is 5.91 Å². The summed E-state index contributed by atoms with van der Waals surface area (Å²) >= 11 is 0. The van der Waals surface area contributed by atoms with Gasteiger partial charge in [0.1, 0.15) is 0 Å². The van der Waals surface area contributed by atoms with Crippen molar-refractivity contribution in [3.63, 3.8) is 0 Å². The predicted octanol–water partition coefficient (Wildman–Crippen LogP) is 2.20. The van der Waals surface area contributed by atoms with Crippen molar-refractivity contribution in [2.24, 2.45) is 5.92 Å². The molecule has 0 heterocycles. The average molecular weight is 230 g/mol. The summed E-state index contributed by atoms with van der Waals surface area (Å²) in [6.07, 6.45) is 5.58. The second-order valence-electron chi connectivity index (χ2n) is 4.78. The van der Waals surface area contributed by atoms with Gasteiger partial charge in [-0.3, -0.25) is 4.79 Å². The molecule has 17 heavy (non-hydrogen) atoms. The Morgan fingerprint density at radius 1 is 1.35 bits per heavy atom. The molecule has 2 rings (SSSR count). The number of amides is 1. The lowest BCUT2D eigenvalue weighted by Gasteiger charge is -2.32. The van der Waals surface area contributed by atoms with Gasteiger partial charge in [-0.25, -0.2) is 0 Å². The van der Waals surface area contributed by atoms with Crippen LogP contribution < -0.4 is 11.1 Å². The Hall–Kier alpha value is -1.77. The molecule has 0 atom stereocenters. The van der Waals surface area contributed by atoms with Crippen LogP contribution >= 0.6 is 0 Å². The number of nitrogen functional groups attached to an aromatic ring is 1. The molecule has 3 heteroatoms. The fraction of sp³-hybridized carbons (Fsp3) is 0.357. The van der Waals surface area contributed by atoms with Crippen molar-refractivity contribution in [3.8, 4) is 0 Å². The van der Waals surface area contributed by atoms with Gasteiger partial charge in [0, 0.05) is 17.8 Å². The van der Waals surface area contributed by atoms with Gasteiger partial charge in [-0.1, -0.05) is 19.1 Å². The van der Waals surface area contributed by atoms with Crippen molar-refractivity contribution in [1.82, 2.24) is 5.32 Å². The first-order valence-corrected chi connectivity index (χ1v) is 5.97. The Bertz CT molecular complexity index is 416. The fourth-order valence-corrected chi connectivity index (χ4v) is 2.05. The van der Waals surface area contributed by atoms with Crippen LogP contribution in [0.5, 0.6) is 0 Å². The molecule has 0 bridgehead atoms. The van der Waals surface area contributed by atoms with E-state index in [4.69, 9.17) is 5.73 Å². The summed E-state index contributed by atoms with van der Waals surface area (Å²) in [6, 6.07) is 7.81. The highest BCUT2D eigenvalue weighted by Gasteiger charge is 2.25. The Labute approximate surface area is 102 Å². The number of hydrogen-bond donors (Lipinski definition) is 2. The smallest absolute Gasteiger partial charge is 0.244 e. The first kappa shape index (κ1) is 11.7. The maximum absolute atomic E-state index is 11.6. The Morgan fingerprint density at radius 2 is 2.00 bits per heavy atom. The topological polar surface area (TPSA) is 55.1 Å². The van der Waals surface area contributed by atoms with Crippen LogP contribution in [0.1, 0.15) is 25.3 Å². The summed E-state index contributed by atoms with van der Waals surface area (Å²) in [4.78, 5) is 11.6. The minimum atomic E-state index is -0.0151. The lowest BCUT2D eigenvalue weighted by atomic mass is 9.82. The third-order valence-electron chi connectivity index (χ3n) is 3.08. The van der Waals surface area contributed by atoms with E-state index in [9.17, 15) is 4.79 Å². The van der Waals surface area contributed by atoms with Gasteiger partial charge >= 0.3 is 0 Å². The molecule has 1 aromatic carbocycles. The highest BCUT2D eigenvalue weighted by Crippen LogP contribution is 2.26. The SMILES string of the molecule is CC1CC(NC(=O)/C=C/c2ccc(N)cc2)C1. The van der Waals surface area contributed by atoms with Crippen molar-refractivity contribution in [2.45, 2.75) is 25.8 Å². The van der Waals surface area contributed by atoms with Crippen LogP contribution in [0.4, 0.5) is 5.69 Å². The van der Waals surface area contributed by atoms with E-state index in [0.29, 0.717) is 6.04 Å². The second kappa shape index (κ2) is 5.04. The van der Waals surface area contributed by atoms with Gasteiger partial charge in [-0.15, -0.1) is 0 Å². The van der Waals surface area contributed by atoms with Crippen molar-refractivity contribution in [1.29, 1.82) is 0 Å². The van der Waals surface area contributed by atoms with Gasteiger partial charge in [0.05, 0.1) is 0 Å². The Balaban J connectivity index is 1.83. The summed E-state index contributed by atoms with van der Waals surface area (Å²) in [5.74, 6) is 0.736. The Kier molecular flexibility index (Phi) is 3.47. The number of carbonyl (C=O) groups is 1. The summed E-state index contributed by atoms with van der Waals surface area (Å²) in [5.41, 5.74) is 7.30. The number of nitrogens with two attached hydrogens (primary N) is 1. The quantitative estimate of drug-likeness (QED) is 0.618. The number of carbonyl (C=O) groups excluding carboxylic acids is 1. The molecule has 0 spiro atoms. The normalized spacial score (nSPS) is 23.4. The lowest BCUT2D eigenvalue weighted by Crippen LogP contribution is -2.42. The molecule has 1 aromatic rings. The molecule has 1 aliphatic rings. The number of hydrogen-bond acceptors (Lipinski definition) is 2. The number of nitrogens with one attached hydrogen (secondary N) is 1. The molecule has 1 amide bonds. The minimum Gasteiger partial charge on any atom is -0.399 e.